The number of amides is 1. The Morgan fingerprint density at radius 3 is 2.50 bits per heavy atom. The third-order valence-corrected chi connectivity index (χ3v) is 7.21. The first-order valence-electron chi connectivity index (χ1n) is 8.50. The number of nitrogens with one attached hydrogen (secondary N) is 1. The molecule has 28 heavy (non-hydrogen) atoms. The number of ether oxygens (including phenoxy) is 2. The fraction of sp³-hybridized carbons (Fsp3) is 0.389. The van der Waals surface area contributed by atoms with Crippen molar-refractivity contribution in [3.05, 3.63) is 35.3 Å². The number of carbonyl (C=O) groups is 2. The molecule has 2 aromatic rings. The highest BCUT2D eigenvalue weighted by atomic mass is 32.2. The summed E-state index contributed by atoms with van der Waals surface area (Å²) in [5.41, 5.74) is -0.478. The van der Waals surface area contributed by atoms with E-state index < -0.39 is 27.3 Å². The van der Waals surface area contributed by atoms with E-state index in [0.29, 0.717) is 10.8 Å². The largest absolute Gasteiger partial charge is 0.496 e. The molecule has 0 bridgehead atoms. The SMILES string of the molecule is COC(=O)C1(NC(=O)c2csc(-c3ccccc3OC)n2)CCS(=O)(=O)CC1. The quantitative estimate of drug-likeness (QED) is 0.727. The maximum absolute atomic E-state index is 12.7. The van der Waals surface area contributed by atoms with E-state index in [1.807, 2.05) is 18.2 Å². The molecule has 0 atom stereocenters. The molecule has 1 saturated heterocycles. The van der Waals surface area contributed by atoms with Crippen molar-refractivity contribution in [1.82, 2.24) is 10.3 Å². The molecular formula is C18H20N2O6S2. The average Bonchev–Trinajstić information content (AvgIpc) is 3.19. The Hall–Kier alpha value is -2.46. The zero-order valence-corrected chi connectivity index (χ0v) is 17.1. The van der Waals surface area contributed by atoms with Gasteiger partial charge in [-0.25, -0.2) is 18.2 Å². The molecule has 10 heteroatoms. The Labute approximate surface area is 166 Å². The molecule has 150 valence electrons. The number of esters is 1. The van der Waals surface area contributed by atoms with Gasteiger partial charge in [0.25, 0.3) is 5.91 Å². The third kappa shape index (κ3) is 4.02. The van der Waals surface area contributed by atoms with E-state index in [-0.39, 0.29) is 30.0 Å². The van der Waals surface area contributed by atoms with Gasteiger partial charge in [-0.15, -0.1) is 11.3 Å². The summed E-state index contributed by atoms with van der Waals surface area (Å²) in [5.74, 6) is -0.956. The molecule has 1 aromatic carbocycles. The van der Waals surface area contributed by atoms with Crippen molar-refractivity contribution in [2.45, 2.75) is 18.4 Å². The van der Waals surface area contributed by atoms with E-state index in [4.69, 9.17) is 9.47 Å². The highest BCUT2D eigenvalue weighted by molar-refractivity contribution is 7.91. The second kappa shape index (κ2) is 7.88. The molecule has 0 unspecified atom stereocenters. The summed E-state index contributed by atoms with van der Waals surface area (Å²) in [6.45, 7) is 0. The molecule has 8 nitrogen and oxygen atoms in total. The van der Waals surface area contributed by atoms with Crippen molar-refractivity contribution < 1.29 is 27.5 Å². The molecule has 1 aliphatic heterocycles. The average molecular weight is 425 g/mol. The van der Waals surface area contributed by atoms with E-state index in [2.05, 4.69) is 10.3 Å². The van der Waals surface area contributed by atoms with E-state index in [1.165, 1.54) is 18.4 Å². The number of hydrogen-bond donors (Lipinski definition) is 1. The number of sulfone groups is 1. The van der Waals surface area contributed by atoms with Gasteiger partial charge >= 0.3 is 5.97 Å². The number of nitrogens with zero attached hydrogens (tertiary/aromatic N) is 1. The summed E-state index contributed by atoms with van der Waals surface area (Å²) >= 11 is 1.27. The molecule has 0 radical (unpaired) electrons. The molecule has 1 fully saturated rings. The Bertz CT molecular complexity index is 985. The van der Waals surface area contributed by atoms with E-state index in [9.17, 15) is 18.0 Å². The van der Waals surface area contributed by atoms with Gasteiger partial charge in [0.1, 0.15) is 22.0 Å². The highest BCUT2D eigenvalue weighted by Crippen LogP contribution is 2.32. The van der Waals surface area contributed by atoms with Crippen molar-refractivity contribution in [2.24, 2.45) is 0 Å². The second-order valence-corrected chi connectivity index (χ2v) is 9.58. The molecule has 1 N–H and O–H groups in total. The number of hydrogen-bond acceptors (Lipinski definition) is 8. The predicted molar refractivity (Wildman–Crippen MR) is 104 cm³/mol. The zero-order valence-electron chi connectivity index (χ0n) is 15.4. The number of rotatable bonds is 5. The summed E-state index contributed by atoms with van der Waals surface area (Å²) in [7, 11) is -0.459. The fourth-order valence-corrected chi connectivity index (χ4v) is 5.42. The lowest BCUT2D eigenvalue weighted by Crippen LogP contribution is -2.58. The lowest BCUT2D eigenvalue weighted by Gasteiger charge is -2.34. The first kappa shape index (κ1) is 20.3. The zero-order chi connectivity index (χ0) is 20.4. The van der Waals surface area contributed by atoms with Gasteiger partial charge in [-0.1, -0.05) is 12.1 Å². The van der Waals surface area contributed by atoms with Crippen molar-refractivity contribution in [2.75, 3.05) is 25.7 Å². The van der Waals surface area contributed by atoms with Crippen molar-refractivity contribution in [3.8, 4) is 16.3 Å². The van der Waals surface area contributed by atoms with Gasteiger partial charge in [0.2, 0.25) is 0 Å². The highest BCUT2D eigenvalue weighted by Gasteiger charge is 2.46. The van der Waals surface area contributed by atoms with Crippen LogP contribution in [0.25, 0.3) is 10.6 Å². The van der Waals surface area contributed by atoms with Crippen LogP contribution in [0.4, 0.5) is 0 Å². The van der Waals surface area contributed by atoms with Crippen LogP contribution in [0.1, 0.15) is 23.3 Å². The van der Waals surface area contributed by atoms with Gasteiger partial charge in [-0.3, -0.25) is 4.79 Å². The van der Waals surface area contributed by atoms with Gasteiger partial charge < -0.3 is 14.8 Å². The minimum atomic E-state index is -3.22. The number of aromatic nitrogens is 1. The molecule has 2 heterocycles. The molecule has 1 amide bonds. The topological polar surface area (TPSA) is 112 Å². The van der Waals surface area contributed by atoms with Crippen molar-refractivity contribution in [1.29, 1.82) is 0 Å². The molecular weight excluding hydrogens is 404 g/mol. The minimum absolute atomic E-state index is 0.0305. The summed E-state index contributed by atoms with van der Waals surface area (Å²) in [6.07, 6.45) is -0.0610. The predicted octanol–water partition coefficient (Wildman–Crippen LogP) is 1.67. The number of thiazole rings is 1. The normalized spacial score (nSPS) is 17.5. The van der Waals surface area contributed by atoms with Gasteiger partial charge in [-0.2, -0.15) is 0 Å². The standard InChI is InChI=1S/C18H20N2O6S2/c1-25-14-6-4-3-5-12(14)16-19-13(11-27-16)15(21)20-18(17(22)26-2)7-9-28(23,24)10-8-18/h3-6,11H,7-10H2,1-2H3,(H,20,21). The Balaban J connectivity index is 1.84. The number of methoxy groups -OCH3 is 2. The molecule has 0 saturated carbocycles. The maximum atomic E-state index is 12.7. The van der Waals surface area contributed by atoms with Crippen LogP contribution in [0.2, 0.25) is 0 Å². The number of carbonyl (C=O) groups excluding carboxylic acids is 2. The minimum Gasteiger partial charge on any atom is -0.496 e. The van der Waals surface area contributed by atoms with Crippen LogP contribution in [0.5, 0.6) is 5.75 Å². The van der Waals surface area contributed by atoms with E-state index in [0.717, 1.165) is 5.56 Å². The molecule has 1 aliphatic rings. The first-order chi connectivity index (χ1) is 13.3. The van der Waals surface area contributed by atoms with Crippen molar-refractivity contribution >= 4 is 33.1 Å². The fourth-order valence-electron chi connectivity index (χ4n) is 3.07. The molecule has 0 spiro atoms. The van der Waals surface area contributed by atoms with E-state index >= 15 is 0 Å². The second-order valence-electron chi connectivity index (χ2n) is 6.42. The van der Waals surface area contributed by atoms with E-state index in [1.54, 1.807) is 18.6 Å². The van der Waals surface area contributed by atoms with Crippen LogP contribution < -0.4 is 10.1 Å². The first-order valence-corrected chi connectivity index (χ1v) is 11.2. The van der Waals surface area contributed by atoms with Crippen LogP contribution in [-0.4, -0.2) is 56.5 Å². The van der Waals surface area contributed by atoms with Crippen LogP contribution in [0.15, 0.2) is 29.6 Å². The summed E-state index contributed by atoms with van der Waals surface area (Å²) < 4.78 is 33.6. The third-order valence-electron chi connectivity index (χ3n) is 4.68. The summed E-state index contributed by atoms with van der Waals surface area (Å²) in [4.78, 5) is 29.4. The molecule has 3 rings (SSSR count). The van der Waals surface area contributed by atoms with Gasteiger partial charge in [0.15, 0.2) is 9.84 Å². The lowest BCUT2D eigenvalue weighted by molar-refractivity contribution is -0.148. The maximum Gasteiger partial charge on any atom is 0.331 e. The van der Waals surface area contributed by atoms with Crippen LogP contribution in [0, 0.1) is 0 Å². The monoisotopic (exact) mass is 424 g/mol. The number of benzene rings is 1. The summed E-state index contributed by atoms with van der Waals surface area (Å²) in [5, 5.41) is 4.85. The van der Waals surface area contributed by atoms with Crippen molar-refractivity contribution in [3.63, 3.8) is 0 Å². The Morgan fingerprint density at radius 2 is 1.86 bits per heavy atom. The molecule has 0 aliphatic carbocycles. The lowest BCUT2D eigenvalue weighted by atomic mass is 9.92. The smallest absolute Gasteiger partial charge is 0.331 e. The summed E-state index contributed by atoms with van der Waals surface area (Å²) in [6, 6.07) is 7.31. The van der Waals surface area contributed by atoms with Gasteiger partial charge in [0.05, 0.1) is 31.3 Å². The van der Waals surface area contributed by atoms with Gasteiger partial charge in [-0.05, 0) is 25.0 Å². The van der Waals surface area contributed by atoms with Crippen LogP contribution in [-0.2, 0) is 19.4 Å². The Morgan fingerprint density at radius 1 is 1.18 bits per heavy atom. The van der Waals surface area contributed by atoms with Gasteiger partial charge in [0, 0.05) is 5.38 Å². The Kier molecular flexibility index (Phi) is 5.71. The number of para-hydroxylation sites is 1. The van der Waals surface area contributed by atoms with Crippen LogP contribution in [0.3, 0.4) is 0 Å². The molecule has 1 aromatic heterocycles. The van der Waals surface area contributed by atoms with Crippen LogP contribution >= 0.6 is 11.3 Å².